The Hall–Kier alpha value is -3.88. The molecule has 2 N–H and O–H groups in total. The van der Waals surface area contributed by atoms with Crippen LogP contribution in [0.4, 0.5) is 10.3 Å². The molecule has 4 rings (SSSR count). The maximum absolute atomic E-state index is 13.2. The van der Waals surface area contributed by atoms with Gasteiger partial charge < -0.3 is 5.32 Å². The van der Waals surface area contributed by atoms with Crippen LogP contribution in [0.15, 0.2) is 64.6 Å². The van der Waals surface area contributed by atoms with Crippen molar-refractivity contribution in [3.8, 4) is 5.69 Å². The highest BCUT2D eigenvalue weighted by Crippen LogP contribution is 2.08. The summed E-state index contributed by atoms with van der Waals surface area (Å²) in [6.07, 6.45) is 4.92. The summed E-state index contributed by atoms with van der Waals surface area (Å²) in [5, 5.41) is 3.19. The number of aromatic nitrogens is 5. The highest BCUT2D eigenvalue weighted by atomic mass is 19.1. The van der Waals surface area contributed by atoms with E-state index in [0.29, 0.717) is 18.7 Å². The van der Waals surface area contributed by atoms with Crippen LogP contribution in [0.25, 0.3) is 16.7 Å². The quantitative estimate of drug-likeness (QED) is 0.547. The average Bonchev–Trinajstić information content (AvgIpc) is 2.69. The van der Waals surface area contributed by atoms with E-state index in [9.17, 15) is 14.0 Å². The summed E-state index contributed by atoms with van der Waals surface area (Å²) in [4.78, 5) is 39.9. The van der Waals surface area contributed by atoms with Gasteiger partial charge >= 0.3 is 5.69 Å². The molecule has 4 aromatic rings. The first-order valence-electron chi connectivity index (χ1n) is 8.52. The molecule has 0 bridgehead atoms. The number of fused-ring (bicyclic) bond motifs is 1. The third-order valence-electron chi connectivity index (χ3n) is 4.16. The van der Waals surface area contributed by atoms with Gasteiger partial charge in [-0.25, -0.2) is 18.7 Å². The lowest BCUT2D eigenvalue weighted by atomic mass is 10.1. The third kappa shape index (κ3) is 3.50. The van der Waals surface area contributed by atoms with E-state index in [4.69, 9.17) is 0 Å². The van der Waals surface area contributed by atoms with Crippen LogP contribution >= 0.6 is 0 Å². The molecule has 3 heterocycles. The van der Waals surface area contributed by atoms with Crippen LogP contribution in [0.2, 0.25) is 0 Å². The molecular formula is C19H15FN6O2. The molecule has 0 aliphatic carbocycles. The Labute approximate surface area is 157 Å². The zero-order valence-corrected chi connectivity index (χ0v) is 14.6. The van der Waals surface area contributed by atoms with Gasteiger partial charge in [0.15, 0.2) is 5.65 Å². The van der Waals surface area contributed by atoms with Gasteiger partial charge in [-0.3, -0.25) is 14.8 Å². The number of H-pyrrole nitrogens is 1. The normalized spacial score (nSPS) is 10.9. The molecule has 0 fully saturated rings. The van der Waals surface area contributed by atoms with Crippen molar-refractivity contribution in [3.05, 3.63) is 87.2 Å². The first kappa shape index (κ1) is 17.5. The molecule has 3 aromatic heterocycles. The van der Waals surface area contributed by atoms with Crippen molar-refractivity contribution in [2.45, 2.75) is 6.42 Å². The van der Waals surface area contributed by atoms with Crippen LogP contribution in [-0.4, -0.2) is 31.0 Å². The van der Waals surface area contributed by atoms with Crippen LogP contribution in [0.1, 0.15) is 5.56 Å². The van der Waals surface area contributed by atoms with Gasteiger partial charge in [0.1, 0.15) is 11.2 Å². The molecule has 140 valence electrons. The maximum atomic E-state index is 13.2. The van der Waals surface area contributed by atoms with Gasteiger partial charge in [-0.2, -0.15) is 4.98 Å². The van der Waals surface area contributed by atoms with Crippen LogP contribution in [0.5, 0.6) is 0 Å². The van der Waals surface area contributed by atoms with Crippen LogP contribution in [-0.2, 0) is 6.42 Å². The molecule has 9 heteroatoms. The second-order valence-electron chi connectivity index (χ2n) is 6.04. The molecule has 0 aliphatic rings. The highest BCUT2D eigenvalue weighted by molar-refractivity contribution is 5.73. The Bertz CT molecular complexity index is 1250. The molecule has 0 aliphatic heterocycles. The van der Waals surface area contributed by atoms with E-state index in [1.54, 1.807) is 18.2 Å². The molecule has 0 saturated carbocycles. The van der Waals surface area contributed by atoms with E-state index in [1.807, 2.05) is 6.07 Å². The van der Waals surface area contributed by atoms with Gasteiger partial charge in [-0.1, -0.05) is 12.1 Å². The number of benzene rings is 1. The Morgan fingerprint density at radius 3 is 2.75 bits per heavy atom. The molecule has 28 heavy (non-hydrogen) atoms. The number of hydrogen-bond acceptors (Lipinski definition) is 6. The monoisotopic (exact) mass is 378 g/mol. The summed E-state index contributed by atoms with van der Waals surface area (Å²) in [6, 6.07) is 9.44. The average molecular weight is 378 g/mol. The Balaban J connectivity index is 1.60. The highest BCUT2D eigenvalue weighted by Gasteiger charge is 2.11. The number of halogens is 1. The van der Waals surface area contributed by atoms with E-state index in [2.05, 4.69) is 25.3 Å². The number of hydrogen-bond donors (Lipinski definition) is 2. The van der Waals surface area contributed by atoms with Crippen LogP contribution in [0, 0.1) is 5.82 Å². The molecular weight excluding hydrogens is 363 g/mol. The van der Waals surface area contributed by atoms with Gasteiger partial charge in [0.05, 0.1) is 5.69 Å². The van der Waals surface area contributed by atoms with E-state index in [0.717, 1.165) is 10.1 Å². The molecule has 0 amide bonds. The second-order valence-corrected chi connectivity index (χ2v) is 6.04. The zero-order chi connectivity index (χ0) is 19.5. The minimum absolute atomic E-state index is 0.142. The SMILES string of the molecule is O=c1[nH]c2nc(NCCc3cccc(F)c3)ncc2c(=O)n1-c1ccncc1. The molecule has 0 unspecified atom stereocenters. The number of aromatic amines is 1. The lowest BCUT2D eigenvalue weighted by Crippen LogP contribution is -2.34. The lowest BCUT2D eigenvalue weighted by molar-refractivity contribution is 0.625. The van der Waals surface area contributed by atoms with Gasteiger partial charge in [0, 0.05) is 25.1 Å². The Morgan fingerprint density at radius 1 is 1.14 bits per heavy atom. The molecule has 0 spiro atoms. The minimum atomic E-state index is -0.604. The second kappa shape index (κ2) is 7.39. The summed E-state index contributed by atoms with van der Waals surface area (Å²) >= 11 is 0. The van der Waals surface area contributed by atoms with Gasteiger partial charge in [-0.05, 0) is 36.2 Å². The number of nitrogens with zero attached hydrogens (tertiary/aromatic N) is 4. The summed E-state index contributed by atoms with van der Waals surface area (Å²) in [6.45, 7) is 0.466. The zero-order valence-electron chi connectivity index (χ0n) is 14.6. The summed E-state index contributed by atoms with van der Waals surface area (Å²) in [5.41, 5.74) is 0.260. The van der Waals surface area contributed by atoms with Gasteiger partial charge in [-0.15, -0.1) is 0 Å². The maximum Gasteiger partial charge on any atom is 0.334 e. The van der Waals surface area contributed by atoms with Crippen molar-refractivity contribution in [2.24, 2.45) is 0 Å². The number of rotatable bonds is 5. The lowest BCUT2D eigenvalue weighted by Gasteiger charge is -2.08. The Morgan fingerprint density at radius 2 is 1.96 bits per heavy atom. The smallest absolute Gasteiger partial charge is 0.334 e. The van der Waals surface area contributed by atoms with E-state index >= 15 is 0 Å². The van der Waals surface area contributed by atoms with Crippen molar-refractivity contribution < 1.29 is 4.39 Å². The van der Waals surface area contributed by atoms with Gasteiger partial charge in [0.25, 0.3) is 5.56 Å². The van der Waals surface area contributed by atoms with Crippen LogP contribution in [0.3, 0.4) is 0 Å². The van der Waals surface area contributed by atoms with Crippen molar-refractivity contribution >= 4 is 17.0 Å². The number of nitrogens with one attached hydrogen (secondary N) is 2. The van der Waals surface area contributed by atoms with Crippen molar-refractivity contribution in [3.63, 3.8) is 0 Å². The molecule has 0 saturated heterocycles. The largest absolute Gasteiger partial charge is 0.354 e. The standard InChI is InChI=1S/C19H15FN6O2/c20-13-3-1-2-12(10-13)4-9-22-18-23-11-15-16(24-18)25-19(28)26(17(15)27)14-5-7-21-8-6-14/h1-3,5-8,10-11H,4,9H2,(H2,22,23,24,25,28). The minimum Gasteiger partial charge on any atom is -0.354 e. The van der Waals surface area contributed by atoms with E-state index in [-0.39, 0.29) is 22.8 Å². The van der Waals surface area contributed by atoms with E-state index in [1.165, 1.54) is 30.7 Å². The van der Waals surface area contributed by atoms with Crippen molar-refractivity contribution in [1.82, 2.24) is 24.5 Å². The number of anilines is 1. The molecule has 1 aromatic carbocycles. The summed E-state index contributed by atoms with van der Waals surface area (Å²) in [5.74, 6) is -0.0249. The molecule has 0 radical (unpaired) electrons. The predicted molar refractivity (Wildman–Crippen MR) is 102 cm³/mol. The first-order valence-corrected chi connectivity index (χ1v) is 8.52. The summed E-state index contributed by atoms with van der Waals surface area (Å²) in [7, 11) is 0. The fourth-order valence-electron chi connectivity index (χ4n) is 2.83. The summed E-state index contributed by atoms with van der Waals surface area (Å²) < 4.78 is 14.2. The topological polar surface area (TPSA) is 106 Å². The number of pyridine rings is 1. The molecule has 8 nitrogen and oxygen atoms in total. The fraction of sp³-hybridized carbons (Fsp3) is 0.105. The van der Waals surface area contributed by atoms with Crippen molar-refractivity contribution in [2.75, 3.05) is 11.9 Å². The predicted octanol–water partition coefficient (Wildman–Crippen LogP) is 1.66. The Kier molecular flexibility index (Phi) is 4.63. The van der Waals surface area contributed by atoms with E-state index < -0.39 is 11.2 Å². The van der Waals surface area contributed by atoms with Gasteiger partial charge in [0.2, 0.25) is 5.95 Å². The first-order chi connectivity index (χ1) is 13.6. The van der Waals surface area contributed by atoms with Crippen LogP contribution < -0.4 is 16.6 Å². The fourth-order valence-corrected chi connectivity index (χ4v) is 2.83. The molecule has 0 atom stereocenters. The van der Waals surface area contributed by atoms with Crippen molar-refractivity contribution in [1.29, 1.82) is 0 Å². The third-order valence-corrected chi connectivity index (χ3v) is 4.16.